The Morgan fingerprint density at radius 2 is 1.71 bits per heavy atom. The molecule has 0 amide bonds. The maximum absolute atomic E-state index is 5.93. The van der Waals surface area contributed by atoms with Crippen molar-refractivity contribution in [1.82, 2.24) is 19.8 Å². The van der Waals surface area contributed by atoms with Crippen LogP contribution in [0.4, 0.5) is 5.82 Å². The molecule has 1 aliphatic rings. The van der Waals surface area contributed by atoms with Crippen LogP contribution in [0.5, 0.6) is 0 Å². The van der Waals surface area contributed by atoms with Gasteiger partial charge in [0.2, 0.25) is 0 Å². The van der Waals surface area contributed by atoms with Gasteiger partial charge in [-0.1, -0.05) is 42.0 Å². The molecule has 2 N–H and O–H groups in total. The number of nitrogen functional groups attached to an aromatic ring is 1. The van der Waals surface area contributed by atoms with E-state index < -0.39 is 0 Å². The molecule has 0 saturated carbocycles. The predicted octanol–water partition coefficient (Wildman–Crippen LogP) is 3.70. The Bertz CT molecular complexity index is 962. The molecule has 144 valence electrons. The molecular formula is C22H24ClN5. The lowest BCUT2D eigenvalue weighted by Crippen LogP contribution is -2.45. The molecule has 6 heteroatoms. The molecule has 2 heterocycles. The van der Waals surface area contributed by atoms with Gasteiger partial charge in [-0.25, -0.2) is 9.97 Å². The smallest absolute Gasteiger partial charge is 0.134 e. The van der Waals surface area contributed by atoms with Crippen molar-refractivity contribution >= 4 is 34.4 Å². The Balaban J connectivity index is 1.28. The van der Waals surface area contributed by atoms with E-state index in [0.717, 1.165) is 55.2 Å². The van der Waals surface area contributed by atoms with Crippen LogP contribution in [-0.4, -0.2) is 52.5 Å². The predicted molar refractivity (Wildman–Crippen MR) is 116 cm³/mol. The molecular weight excluding hydrogens is 370 g/mol. The molecule has 4 rings (SSSR count). The van der Waals surface area contributed by atoms with Crippen LogP contribution >= 0.6 is 11.6 Å². The van der Waals surface area contributed by atoms with Crippen molar-refractivity contribution in [1.29, 1.82) is 0 Å². The van der Waals surface area contributed by atoms with E-state index in [9.17, 15) is 0 Å². The molecule has 5 nitrogen and oxygen atoms in total. The number of anilines is 1. The lowest BCUT2D eigenvalue weighted by atomic mass is 10.1. The highest BCUT2D eigenvalue weighted by Crippen LogP contribution is 2.19. The molecule has 1 fully saturated rings. The van der Waals surface area contributed by atoms with Gasteiger partial charge in [0.15, 0.2) is 0 Å². The van der Waals surface area contributed by atoms with Crippen molar-refractivity contribution in [3.05, 3.63) is 71.0 Å². The minimum absolute atomic E-state index is 0.539. The lowest BCUT2D eigenvalue weighted by Gasteiger charge is -2.34. The Morgan fingerprint density at radius 1 is 0.964 bits per heavy atom. The molecule has 1 aliphatic heterocycles. The second-order valence-electron chi connectivity index (χ2n) is 7.14. The van der Waals surface area contributed by atoms with Gasteiger partial charge in [0.25, 0.3) is 0 Å². The fraction of sp³-hybridized carbons (Fsp3) is 0.273. The third-order valence-corrected chi connectivity index (χ3v) is 5.40. The topological polar surface area (TPSA) is 58.3 Å². The number of nitrogens with two attached hydrogens (primary N) is 1. The first-order valence-electron chi connectivity index (χ1n) is 9.53. The van der Waals surface area contributed by atoms with Gasteiger partial charge in [0, 0.05) is 49.7 Å². The van der Waals surface area contributed by atoms with E-state index in [4.69, 9.17) is 17.3 Å². The van der Waals surface area contributed by atoms with E-state index in [0.29, 0.717) is 5.82 Å². The summed E-state index contributed by atoms with van der Waals surface area (Å²) in [6.45, 7) is 6.20. The molecule has 0 spiro atoms. The molecule has 0 unspecified atom stereocenters. The molecule has 1 saturated heterocycles. The van der Waals surface area contributed by atoms with Gasteiger partial charge in [-0.3, -0.25) is 9.80 Å². The van der Waals surface area contributed by atoms with Gasteiger partial charge in [-0.2, -0.15) is 0 Å². The number of rotatable bonds is 5. The SMILES string of the molecule is Nc1ncnc2cc(CN3CCN(CC=Cc4ccc(Cl)cc4)CC3)ccc12. The molecule has 3 aromatic rings. The highest BCUT2D eigenvalue weighted by Gasteiger charge is 2.16. The van der Waals surface area contributed by atoms with E-state index in [-0.39, 0.29) is 0 Å². The van der Waals surface area contributed by atoms with Gasteiger partial charge >= 0.3 is 0 Å². The molecule has 1 aromatic heterocycles. The van der Waals surface area contributed by atoms with Crippen LogP contribution < -0.4 is 5.73 Å². The molecule has 0 aliphatic carbocycles. The molecule has 28 heavy (non-hydrogen) atoms. The Kier molecular flexibility index (Phi) is 5.86. The van der Waals surface area contributed by atoms with Gasteiger partial charge in [-0.05, 0) is 35.4 Å². The normalized spacial score (nSPS) is 16.2. The van der Waals surface area contributed by atoms with Gasteiger partial charge in [-0.15, -0.1) is 0 Å². The summed E-state index contributed by atoms with van der Waals surface area (Å²) < 4.78 is 0. The van der Waals surface area contributed by atoms with Crippen LogP contribution in [-0.2, 0) is 6.54 Å². The third kappa shape index (κ3) is 4.68. The number of aromatic nitrogens is 2. The lowest BCUT2D eigenvalue weighted by molar-refractivity contribution is 0.137. The van der Waals surface area contributed by atoms with E-state index in [1.807, 2.05) is 30.3 Å². The highest BCUT2D eigenvalue weighted by atomic mass is 35.5. The van der Waals surface area contributed by atoms with Crippen molar-refractivity contribution in [3.63, 3.8) is 0 Å². The van der Waals surface area contributed by atoms with Crippen molar-refractivity contribution in [2.24, 2.45) is 0 Å². The second kappa shape index (κ2) is 8.69. The van der Waals surface area contributed by atoms with Crippen molar-refractivity contribution in [2.45, 2.75) is 6.54 Å². The minimum Gasteiger partial charge on any atom is -0.383 e. The molecule has 0 atom stereocenters. The zero-order valence-corrected chi connectivity index (χ0v) is 16.5. The maximum atomic E-state index is 5.93. The summed E-state index contributed by atoms with van der Waals surface area (Å²) in [6.07, 6.45) is 5.91. The van der Waals surface area contributed by atoms with E-state index in [1.54, 1.807) is 0 Å². The third-order valence-electron chi connectivity index (χ3n) is 5.15. The first-order valence-corrected chi connectivity index (χ1v) is 9.91. The van der Waals surface area contributed by atoms with Crippen LogP contribution in [0.1, 0.15) is 11.1 Å². The first kappa shape index (κ1) is 18.9. The van der Waals surface area contributed by atoms with Crippen molar-refractivity contribution in [3.8, 4) is 0 Å². The van der Waals surface area contributed by atoms with Crippen LogP contribution in [0.3, 0.4) is 0 Å². The molecule has 0 radical (unpaired) electrons. The zero-order chi connectivity index (χ0) is 19.3. The largest absolute Gasteiger partial charge is 0.383 e. The Morgan fingerprint density at radius 3 is 2.50 bits per heavy atom. The molecule has 2 aromatic carbocycles. The summed E-state index contributed by atoms with van der Waals surface area (Å²) in [6, 6.07) is 14.2. The summed E-state index contributed by atoms with van der Waals surface area (Å²) >= 11 is 5.93. The summed E-state index contributed by atoms with van der Waals surface area (Å²) in [5.74, 6) is 0.539. The number of piperazine rings is 1. The van der Waals surface area contributed by atoms with Gasteiger partial charge in [0.05, 0.1) is 5.52 Å². The van der Waals surface area contributed by atoms with Crippen LogP contribution in [0, 0.1) is 0 Å². The minimum atomic E-state index is 0.539. The summed E-state index contributed by atoms with van der Waals surface area (Å²) in [4.78, 5) is 13.4. The number of hydrogen-bond acceptors (Lipinski definition) is 5. The average molecular weight is 394 g/mol. The molecule has 0 bridgehead atoms. The first-order chi connectivity index (χ1) is 13.7. The second-order valence-corrected chi connectivity index (χ2v) is 7.58. The Labute approximate surface area is 170 Å². The van der Waals surface area contributed by atoms with E-state index >= 15 is 0 Å². The summed E-state index contributed by atoms with van der Waals surface area (Å²) in [5.41, 5.74) is 9.27. The number of nitrogens with zero attached hydrogens (tertiary/aromatic N) is 4. The quantitative estimate of drug-likeness (QED) is 0.716. The van der Waals surface area contributed by atoms with Gasteiger partial charge < -0.3 is 5.73 Å². The fourth-order valence-corrected chi connectivity index (χ4v) is 3.65. The summed E-state index contributed by atoms with van der Waals surface area (Å²) in [7, 11) is 0. The van der Waals surface area contributed by atoms with Gasteiger partial charge in [0.1, 0.15) is 12.1 Å². The van der Waals surface area contributed by atoms with Crippen LogP contribution in [0.15, 0.2) is 54.9 Å². The Hall–Kier alpha value is -2.47. The number of benzene rings is 2. The van der Waals surface area contributed by atoms with Crippen molar-refractivity contribution < 1.29 is 0 Å². The number of fused-ring (bicyclic) bond motifs is 1. The standard InChI is InChI=1S/C22H24ClN5/c23-19-6-3-17(4-7-19)2-1-9-27-10-12-28(13-11-27)15-18-5-8-20-21(14-18)25-16-26-22(20)24/h1-8,14,16H,9-13,15H2,(H2,24,25,26). The maximum Gasteiger partial charge on any atom is 0.134 e. The zero-order valence-electron chi connectivity index (χ0n) is 15.8. The number of halogens is 1. The van der Waals surface area contributed by atoms with E-state index in [2.05, 4.69) is 44.1 Å². The van der Waals surface area contributed by atoms with E-state index in [1.165, 1.54) is 17.5 Å². The average Bonchev–Trinajstić information content (AvgIpc) is 2.71. The summed E-state index contributed by atoms with van der Waals surface area (Å²) in [5, 5.41) is 1.69. The van der Waals surface area contributed by atoms with Crippen LogP contribution in [0.25, 0.3) is 17.0 Å². The number of hydrogen-bond donors (Lipinski definition) is 1. The highest BCUT2D eigenvalue weighted by molar-refractivity contribution is 6.30. The monoisotopic (exact) mass is 393 g/mol. The van der Waals surface area contributed by atoms with Crippen LogP contribution in [0.2, 0.25) is 5.02 Å². The fourth-order valence-electron chi connectivity index (χ4n) is 3.52. The van der Waals surface area contributed by atoms with Crippen molar-refractivity contribution in [2.75, 3.05) is 38.5 Å².